The molecule has 5 rings (SSSR count). The Morgan fingerprint density at radius 3 is 2.68 bits per heavy atom. The van der Waals surface area contributed by atoms with Crippen molar-refractivity contribution in [3.05, 3.63) is 42.5 Å². The number of aliphatic hydroxyl groups excluding tert-OH is 2. The number of anilines is 1. The van der Waals surface area contributed by atoms with E-state index in [4.69, 9.17) is 12.2 Å². The fourth-order valence-corrected chi connectivity index (χ4v) is 4.93. The first-order valence-electron chi connectivity index (χ1n) is 9.78. The molecule has 0 bridgehead atoms. The summed E-state index contributed by atoms with van der Waals surface area (Å²) < 4.78 is 0. The summed E-state index contributed by atoms with van der Waals surface area (Å²) in [7, 11) is 0. The van der Waals surface area contributed by atoms with Crippen LogP contribution in [0.2, 0.25) is 0 Å². The van der Waals surface area contributed by atoms with E-state index in [1.54, 1.807) is 0 Å². The van der Waals surface area contributed by atoms with E-state index in [0.717, 1.165) is 29.3 Å². The molecule has 0 radical (unpaired) electrons. The summed E-state index contributed by atoms with van der Waals surface area (Å²) in [4.78, 5) is 15.0. The van der Waals surface area contributed by atoms with Gasteiger partial charge in [0.1, 0.15) is 6.10 Å². The molecule has 5 atom stereocenters. The third-order valence-electron chi connectivity index (χ3n) is 6.13. The fraction of sp³-hybridized carbons (Fsp3) is 0.429. The summed E-state index contributed by atoms with van der Waals surface area (Å²) in [5.41, 5.74) is 0.913. The number of carbonyl (C=O) groups is 1. The topological polar surface area (TPSA) is 84.8 Å². The predicted molar refractivity (Wildman–Crippen MR) is 111 cm³/mol. The lowest BCUT2D eigenvalue weighted by Gasteiger charge is -2.41. The molecule has 146 valence electrons. The van der Waals surface area contributed by atoms with Gasteiger partial charge in [0.05, 0.1) is 29.8 Å². The number of carbonyl (C=O) groups excluding carboxylic acids is 1. The summed E-state index contributed by atoms with van der Waals surface area (Å²) in [6, 6.07) is 13.4. The molecule has 4 N–H and O–H groups in total. The van der Waals surface area contributed by atoms with Crippen LogP contribution < -0.4 is 15.5 Å². The Labute approximate surface area is 168 Å². The van der Waals surface area contributed by atoms with Crippen LogP contribution in [0.15, 0.2) is 42.5 Å². The van der Waals surface area contributed by atoms with Crippen molar-refractivity contribution in [1.82, 2.24) is 10.6 Å². The molecule has 0 unspecified atom stereocenters. The Morgan fingerprint density at radius 1 is 1.14 bits per heavy atom. The molecule has 0 aromatic heterocycles. The molecule has 2 aromatic rings. The van der Waals surface area contributed by atoms with Gasteiger partial charge in [-0.3, -0.25) is 4.79 Å². The second kappa shape index (κ2) is 6.69. The van der Waals surface area contributed by atoms with E-state index in [2.05, 4.69) is 10.6 Å². The van der Waals surface area contributed by atoms with Gasteiger partial charge in [0, 0.05) is 11.4 Å². The first kappa shape index (κ1) is 17.8. The number of nitrogens with one attached hydrogen (secondary N) is 2. The molecule has 3 aliphatic rings. The van der Waals surface area contributed by atoms with Crippen molar-refractivity contribution in [2.24, 2.45) is 5.92 Å². The van der Waals surface area contributed by atoms with Crippen molar-refractivity contribution in [1.29, 1.82) is 0 Å². The largest absolute Gasteiger partial charge is 0.390 e. The molecule has 0 spiro atoms. The molecule has 6 nitrogen and oxygen atoms in total. The molecule has 2 aromatic carbocycles. The summed E-state index contributed by atoms with van der Waals surface area (Å²) in [5.74, 6) is -0.531. The van der Waals surface area contributed by atoms with Crippen LogP contribution in [0.25, 0.3) is 10.8 Å². The highest BCUT2D eigenvalue weighted by atomic mass is 32.1. The van der Waals surface area contributed by atoms with Gasteiger partial charge in [0.25, 0.3) is 0 Å². The van der Waals surface area contributed by atoms with Crippen LogP contribution in [0, 0.1) is 5.92 Å². The summed E-state index contributed by atoms with van der Waals surface area (Å²) >= 11 is 5.62. The highest BCUT2D eigenvalue weighted by Gasteiger charge is 2.54. The van der Waals surface area contributed by atoms with Crippen LogP contribution in [0.3, 0.4) is 0 Å². The van der Waals surface area contributed by atoms with Gasteiger partial charge in [0.2, 0.25) is 5.91 Å². The van der Waals surface area contributed by atoms with Crippen molar-refractivity contribution in [2.45, 2.75) is 49.6 Å². The Hall–Kier alpha value is -2.22. The number of aliphatic hydroxyl groups is 2. The quantitative estimate of drug-likeness (QED) is 0.584. The number of fused-ring (bicyclic) bond motifs is 2. The average molecular weight is 398 g/mol. The number of hydrogen-bond acceptors (Lipinski definition) is 4. The maximum absolute atomic E-state index is 13.0. The summed E-state index contributed by atoms with van der Waals surface area (Å²) in [6.45, 7) is 0. The van der Waals surface area contributed by atoms with Crippen LogP contribution in [0.1, 0.15) is 19.3 Å². The smallest absolute Gasteiger partial charge is 0.225 e. The lowest BCUT2D eigenvalue weighted by molar-refractivity contribution is -0.131. The van der Waals surface area contributed by atoms with Gasteiger partial charge >= 0.3 is 0 Å². The van der Waals surface area contributed by atoms with E-state index in [-0.39, 0.29) is 24.4 Å². The van der Waals surface area contributed by atoms with Crippen molar-refractivity contribution in [2.75, 3.05) is 4.90 Å². The zero-order valence-corrected chi connectivity index (χ0v) is 16.1. The van der Waals surface area contributed by atoms with Crippen LogP contribution in [-0.4, -0.2) is 51.6 Å². The maximum Gasteiger partial charge on any atom is 0.225 e. The molecule has 1 saturated heterocycles. The first-order valence-corrected chi connectivity index (χ1v) is 10.2. The number of benzene rings is 2. The van der Waals surface area contributed by atoms with Crippen LogP contribution in [0.4, 0.5) is 5.69 Å². The van der Waals surface area contributed by atoms with Gasteiger partial charge in [0.15, 0.2) is 5.11 Å². The van der Waals surface area contributed by atoms with Crippen LogP contribution in [0.5, 0.6) is 0 Å². The third kappa shape index (κ3) is 2.85. The van der Waals surface area contributed by atoms with Gasteiger partial charge < -0.3 is 25.7 Å². The van der Waals surface area contributed by atoms with E-state index in [9.17, 15) is 15.0 Å². The van der Waals surface area contributed by atoms with Gasteiger partial charge in [-0.25, -0.2) is 0 Å². The van der Waals surface area contributed by atoms with E-state index in [1.807, 2.05) is 47.4 Å². The van der Waals surface area contributed by atoms with E-state index in [1.165, 1.54) is 0 Å². The van der Waals surface area contributed by atoms with Gasteiger partial charge in [-0.15, -0.1) is 0 Å². The minimum Gasteiger partial charge on any atom is -0.390 e. The molecule has 2 saturated carbocycles. The maximum atomic E-state index is 13.0. The molecule has 7 heteroatoms. The number of hydrogen-bond donors (Lipinski definition) is 4. The van der Waals surface area contributed by atoms with Crippen molar-refractivity contribution >= 4 is 39.7 Å². The minimum absolute atomic E-state index is 0.0693. The van der Waals surface area contributed by atoms with Crippen molar-refractivity contribution in [3.63, 3.8) is 0 Å². The Kier molecular flexibility index (Phi) is 4.26. The number of thiocarbonyl (C=S) groups is 1. The first-order chi connectivity index (χ1) is 13.5. The third-order valence-corrected chi connectivity index (χ3v) is 6.45. The average Bonchev–Trinajstić information content (AvgIpc) is 3.44. The normalized spacial score (nSPS) is 32.1. The lowest BCUT2D eigenvalue weighted by atomic mass is 9.77. The minimum atomic E-state index is -0.979. The molecule has 1 aliphatic heterocycles. The van der Waals surface area contributed by atoms with Crippen molar-refractivity contribution in [3.8, 4) is 0 Å². The Balaban J connectivity index is 1.58. The molecule has 2 aliphatic carbocycles. The van der Waals surface area contributed by atoms with Gasteiger partial charge in [-0.05, 0) is 42.9 Å². The number of amides is 1. The van der Waals surface area contributed by atoms with E-state index < -0.39 is 24.2 Å². The zero-order valence-electron chi connectivity index (χ0n) is 15.3. The SMILES string of the molecule is O=C(NC1CC1)[C@@H]1C[C@@H](O)[C@H](O)[C@@H]2NC(=S)N(c3cccc4ccccc34)[C@@H]21. The Bertz CT molecular complexity index is 942. The van der Waals surface area contributed by atoms with Crippen molar-refractivity contribution < 1.29 is 15.0 Å². The van der Waals surface area contributed by atoms with Gasteiger partial charge in [-0.2, -0.15) is 0 Å². The second-order valence-corrected chi connectivity index (χ2v) is 8.40. The van der Waals surface area contributed by atoms with E-state index in [0.29, 0.717) is 5.11 Å². The molecule has 3 fully saturated rings. The summed E-state index contributed by atoms with van der Waals surface area (Å²) in [6.07, 6.45) is 0.279. The second-order valence-electron chi connectivity index (χ2n) is 8.02. The zero-order chi connectivity index (χ0) is 19.4. The monoisotopic (exact) mass is 397 g/mol. The molecule has 1 heterocycles. The molecule has 1 amide bonds. The molecular formula is C21H23N3O3S. The number of rotatable bonds is 3. The Morgan fingerprint density at radius 2 is 1.89 bits per heavy atom. The highest BCUT2D eigenvalue weighted by molar-refractivity contribution is 7.80. The fourth-order valence-electron chi connectivity index (χ4n) is 4.58. The highest BCUT2D eigenvalue weighted by Crippen LogP contribution is 2.39. The standard InChI is InChI=1S/C21H23N3O3S/c25-16-10-14(20(27)22-12-8-9-12)18-17(19(16)26)23-21(28)24(18)15-7-3-5-11-4-1-2-6-13(11)15/h1-7,12,14,16-19,25-26H,8-10H2,(H,22,27)(H,23,28)/t14-,16-,17-,18-,19+/m1/s1. The van der Waals surface area contributed by atoms with Gasteiger partial charge in [-0.1, -0.05) is 36.4 Å². The predicted octanol–water partition coefficient (Wildman–Crippen LogP) is 1.29. The summed E-state index contributed by atoms with van der Waals surface area (Å²) in [5, 5.41) is 29.8. The van der Waals surface area contributed by atoms with Crippen LogP contribution >= 0.6 is 12.2 Å². The van der Waals surface area contributed by atoms with E-state index >= 15 is 0 Å². The number of nitrogens with zero attached hydrogens (tertiary/aromatic N) is 1. The molecule has 28 heavy (non-hydrogen) atoms. The lowest BCUT2D eigenvalue weighted by Crippen LogP contribution is -2.61. The molecular weight excluding hydrogens is 374 g/mol. The van der Waals surface area contributed by atoms with Crippen LogP contribution in [-0.2, 0) is 4.79 Å².